The maximum Gasteiger partial charge on any atom is 0.328 e. The summed E-state index contributed by atoms with van der Waals surface area (Å²) < 4.78 is 4.92. The minimum Gasteiger partial charge on any atom is -0.484 e. The second-order valence-electron chi connectivity index (χ2n) is 2.84. The van der Waals surface area contributed by atoms with Crippen molar-refractivity contribution < 1.29 is 14.6 Å². The van der Waals surface area contributed by atoms with Crippen LogP contribution < -0.4 is 0 Å². The molecule has 1 unspecified atom stereocenters. The molecule has 4 heteroatoms. The van der Waals surface area contributed by atoms with Gasteiger partial charge in [0.05, 0.1) is 7.11 Å². The minimum absolute atomic E-state index is 0.122. The molecule has 0 rings (SSSR count). The van der Waals surface area contributed by atoms with Crippen LogP contribution in [0.15, 0.2) is 4.99 Å². The van der Waals surface area contributed by atoms with Crippen LogP contribution in [0.25, 0.3) is 0 Å². The van der Waals surface area contributed by atoms with Crippen molar-refractivity contribution in [2.24, 2.45) is 10.9 Å². The highest BCUT2D eigenvalue weighted by Gasteiger charge is 2.12. The van der Waals surface area contributed by atoms with E-state index < -0.39 is 12.0 Å². The van der Waals surface area contributed by atoms with E-state index in [1.807, 2.05) is 13.8 Å². The van der Waals surface area contributed by atoms with Gasteiger partial charge in [0.1, 0.15) is 6.04 Å². The number of carbonyl (C=O) groups is 1. The third-order valence-corrected chi connectivity index (χ3v) is 1.38. The van der Waals surface area contributed by atoms with Gasteiger partial charge < -0.3 is 9.84 Å². The maximum absolute atomic E-state index is 10.4. The van der Waals surface area contributed by atoms with Gasteiger partial charge in [0.2, 0.25) is 0 Å². The van der Waals surface area contributed by atoms with Crippen molar-refractivity contribution in [2.75, 3.05) is 7.11 Å². The van der Waals surface area contributed by atoms with Gasteiger partial charge in [0, 0.05) is 5.92 Å². The monoisotopic (exact) mass is 173 g/mol. The zero-order chi connectivity index (χ0) is 9.72. The smallest absolute Gasteiger partial charge is 0.328 e. The van der Waals surface area contributed by atoms with Crippen molar-refractivity contribution in [3.05, 3.63) is 0 Å². The molecule has 0 radical (unpaired) electrons. The summed E-state index contributed by atoms with van der Waals surface area (Å²) in [6.45, 7) is 5.32. The summed E-state index contributed by atoms with van der Waals surface area (Å²) in [4.78, 5) is 14.3. The van der Waals surface area contributed by atoms with Gasteiger partial charge in [0.25, 0.3) is 0 Å². The van der Waals surface area contributed by atoms with Gasteiger partial charge in [-0.1, -0.05) is 13.8 Å². The molecule has 0 aromatic rings. The van der Waals surface area contributed by atoms with Crippen molar-refractivity contribution in [2.45, 2.75) is 26.8 Å². The predicted octanol–water partition coefficient (Wildman–Crippen LogP) is 1.16. The van der Waals surface area contributed by atoms with Crippen molar-refractivity contribution in [1.29, 1.82) is 0 Å². The normalized spacial score (nSPS) is 14.6. The van der Waals surface area contributed by atoms with Crippen molar-refractivity contribution in [1.82, 2.24) is 0 Å². The molecular weight excluding hydrogens is 158 g/mol. The van der Waals surface area contributed by atoms with Crippen LogP contribution in [-0.2, 0) is 9.53 Å². The van der Waals surface area contributed by atoms with E-state index in [0.717, 1.165) is 0 Å². The quantitative estimate of drug-likeness (QED) is 0.514. The van der Waals surface area contributed by atoms with Gasteiger partial charge in [0.15, 0.2) is 5.90 Å². The minimum atomic E-state index is -0.940. The first kappa shape index (κ1) is 10.9. The molecule has 0 saturated heterocycles. The van der Waals surface area contributed by atoms with Gasteiger partial charge >= 0.3 is 5.97 Å². The maximum atomic E-state index is 10.4. The molecule has 0 aromatic heterocycles. The molecule has 0 fully saturated rings. The molecule has 70 valence electrons. The van der Waals surface area contributed by atoms with E-state index in [-0.39, 0.29) is 5.92 Å². The van der Waals surface area contributed by atoms with Gasteiger partial charge in [-0.05, 0) is 6.92 Å². The summed E-state index contributed by atoms with van der Waals surface area (Å²) in [6.07, 6.45) is 0. The summed E-state index contributed by atoms with van der Waals surface area (Å²) in [5, 5.41) is 8.55. The summed E-state index contributed by atoms with van der Waals surface area (Å²) in [7, 11) is 1.49. The molecule has 4 nitrogen and oxygen atoms in total. The number of nitrogens with zero attached hydrogens (tertiary/aromatic N) is 1. The summed E-state index contributed by atoms with van der Waals surface area (Å²) in [5.74, 6) is -0.341. The highest BCUT2D eigenvalue weighted by molar-refractivity contribution is 5.82. The van der Waals surface area contributed by atoms with E-state index in [2.05, 4.69) is 4.99 Å². The molecule has 0 spiro atoms. The average Bonchev–Trinajstić information content (AvgIpc) is 1.98. The number of hydrogen-bond acceptors (Lipinski definition) is 3. The third kappa shape index (κ3) is 3.37. The van der Waals surface area contributed by atoms with Crippen LogP contribution in [0.2, 0.25) is 0 Å². The first-order valence-corrected chi connectivity index (χ1v) is 3.83. The Morgan fingerprint density at radius 2 is 1.92 bits per heavy atom. The fourth-order valence-electron chi connectivity index (χ4n) is 0.684. The number of aliphatic carboxylic acids is 1. The molecule has 0 aliphatic carbocycles. The second kappa shape index (κ2) is 4.74. The van der Waals surface area contributed by atoms with Crippen LogP contribution in [0, 0.1) is 5.92 Å². The predicted molar refractivity (Wildman–Crippen MR) is 46.4 cm³/mol. The van der Waals surface area contributed by atoms with Crippen LogP contribution in [0.5, 0.6) is 0 Å². The fourth-order valence-corrected chi connectivity index (χ4v) is 0.684. The summed E-state index contributed by atoms with van der Waals surface area (Å²) >= 11 is 0. The van der Waals surface area contributed by atoms with Crippen molar-refractivity contribution in [3.63, 3.8) is 0 Å². The second-order valence-corrected chi connectivity index (χ2v) is 2.84. The van der Waals surface area contributed by atoms with Crippen LogP contribution in [0.4, 0.5) is 0 Å². The van der Waals surface area contributed by atoms with E-state index in [1.165, 1.54) is 14.0 Å². The van der Waals surface area contributed by atoms with Crippen molar-refractivity contribution in [3.8, 4) is 0 Å². The molecule has 0 amide bonds. The van der Waals surface area contributed by atoms with E-state index >= 15 is 0 Å². The number of carboxylic acid groups (broad SMARTS) is 1. The lowest BCUT2D eigenvalue weighted by Crippen LogP contribution is -2.19. The lowest BCUT2D eigenvalue weighted by Gasteiger charge is -2.09. The zero-order valence-corrected chi connectivity index (χ0v) is 7.87. The number of hydrogen-bond donors (Lipinski definition) is 1. The Morgan fingerprint density at radius 1 is 1.42 bits per heavy atom. The fraction of sp³-hybridized carbons (Fsp3) is 0.750. The first-order valence-electron chi connectivity index (χ1n) is 3.83. The number of ether oxygens (including phenoxy) is 1. The molecule has 0 aliphatic rings. The molecule has 0 bridgehead atoms. The van der Waals surface area contributed by atoms with E-state index in [9.17, 15) is 4.79 Å². The number of rotatable bonds is 3. The Bertz CT molecular complexity index is 187. The highest BCUT2D eigenvalue weighted by atomic mass is 16.5. The van der Waals surface area contributed by atoms with Crippen LogP contribution >= 0.6 is 0 Å². The molecule has 0 heterocycles. The van der Waals surface area contributed by atoms with Crippen LogP contribution in [0.1, 0.15) is 20.8 Å². The van der Waals surface area contributed by atoms with Gasteiger partial charge in [-0.3, -0.25) is 0 Å². The Kier molecular flexibility index (Phi) is 4.33. The van der Waals surface area contributed by atoms with Crippen molar-refractivity contribution >= 4 is 11.9 Å². The zero-order valence-electron chi connectivity index (χ0n) is 7.87. The standard InChI is InChI=1S/C8H15NO3/c1-5(2)7(12-4)9-6(3)8(10)11/h5-6H,1-4H3,(H,10,11). The number of carboxylic acids is 1. The van der Waals surface area contributed by atoms with E-state index in [0.29, 0.717) is 5.90 Å². The van der Waals surface area contributed by atoms with E-state index in [4.69, 9.17) is 9.84 Å². The number of aliphatic imine (C=N–C) groups is 1. The molecule has 12 heavy (non-hydrogen) atoms. The Morgan fingerprint density at radius 3 is 2.17 bits per heavy atom. The Balaban J connectivity index is 4.37. The molecule has 0 aromatic carbocycles. The lowest BCUT2D eigenvalue weighted by molar-refractivity contribution is -0.138. The lowest BCUT2D eigenvalue weighted by atomic mass is 10.2. The van der Waals surface area contributed by atoms with Crippen LogP contribution in [0.3, 0.4) is 0 Å². The molecule has 1 atom stereocenters. The Hall–Kier alpha value is -1.06. The number of methoxy groups -OCH3 is 1. The van der Waals surface area contributed by atoms with Gasteiger partial charge in [-0.15, -0.1) is 0 Å². The van der Waals surface area contributed by atoms with E-state index in [1.54, 1.807) is 0 Å². The molecule has 1 N–H and O–H groups in total. The van der Waals surface area contributed by atoms with Gasteiger partial charge in [-0.2, -0.15) is 0 Å². The third-order valence-electron chi connectivity index (χ3n) is 1.38. The molecular formula is C8H15NO3. The topological polar surface area (TPSA) is 58.9 Å². The summed E-state index contributed by atoms with van der Waals surface area (Å²) in [5.41, 5.74) is 0. The summed E-state index contributed by atoms with van der Waals surface area (Å²) in [6, 6.07) is -0.734. The SMILES string of the molecule is COC(=NC(C)C(=O)O)C(C)C. The molecule has 0 aliphatic heterocycles. The van der Waals surface area contributed by atoms with Crippen LogP contribution in [-0.4, -0.2) is 30.1 Å². The largest absolute Gasteiger partial charge is 0.484 e. The Labute approximate surface area is 72.3 Å². The average molecular weight is 173 g/mol. The molecule has 0 saturated carbocycles. The van der Waals surface area contributed by atoms with Gasteiger partial charge in [-0.25, -0.2) is 9.79 Å². The first-order chi connectivity index (χ1) is 5.49. The highest BCUT2D eigenvalue weighted by Crippen LogP contribution is 2.01.